The molecule has 2 rings (SSSR count). The molecule has 0 saturated carbocycles. The van der Waals surface area contributed by atoms with Gasteiger partial charge in [0.05, 0.1) is 18.1 Å². The molecule has 0 fully saturated rings. The van der Waals surface area contributed by atoms with E-state index in [1.807, 2.05) is 13.8 Å². The number of rotatable bonds is 10. The molecule has 0 radical (unpaired) electrons. The molecule has 0 unspecified atom stereocenters. The summed E-state index contributed by atoms with van der Waals surface area (Å²) >= 11 is 3.26. The lowest BCUT2D eigenvalue weighted by atomic mass is 10.2. The van der Waals surface area contributed by atoms with Gasteiger partial charge in [-0.15, -0.1) is 0 Å². The van der Waals surface area contributed by atoms with Crippen molar-refractivity contribution in [2.24, 2.45) is 0 Å². The zero-order valence-corrected chi connectivity index (χ0v) is 18.1. The monoisotopic (exact) mass is 470 g/mol. The van der Waals surface area contributed by atoms with E-state index in [1.54, 1.807) is 30.3 Å². The minimum atomic E-state index is -3.66. The molecule has 0 aliphatic heterocycles. The first kappa shape index (κ1) is 22.2. The number of amides is 1. The van der Waals surface area contributed by atoms with Gasteiger partial charge in [-0.05, 0) is 50.2 Å². The van der Waals surface area contributed by atoms with Gasteiger partial charge in [0, 0.05) is 29.2 Å². The number of carbonyl (C=O) groups excluding carboxylic acids is 1. The van der Waals surface area contributed by atoms with Crippen molar-refractivity contribution in [1.82, 2.24) is 4.72 Å². The van der Waals surface area contributed by atoms with Crippen molar-refractivity contribution in [3.05, 3.63) is 46.9 Å². The van der Waals surface area contributed by atoms with E-state index < -0.39 is 10.0 Å². The summed E-state index contributed by atoms with van der Waals surface area (Å²) in [5.74, 6) is 0.827. The van der Waals surface area contributed by atoms with Crippen molar-refractivity contribution in [1.29, 1.82) is 0 Å². The van der Waals surface area contributed by atoms with Crippen LogP contribution in [0.4, 0.5) is 5.69 Å². The van der Waals surface area contributed by atoms with E-state index in [4.69, 9.17) is 9.47 Å². The third-order valence-corrected chi connectivity index (χ3v) is 5.60. The molecule has 0 aliphatic rings. The van der Waals surface area contributed by atoms with Crippen molar-refractivity contribution in [2.45, 2.75) is 25.2 Å². The van der Waals surface area contributed by atoms with E-state index in [-0.39, 0.29) is 23.8 Å². The highest BCUT2D eigenvalue weighted by molar-refractivity contribution is 9.10. The zero-order chi connectivity index (χ0) is 20.6. The largest absolute Gasteiger partial charge is 0.490 e. The van der Waals surface area contributed by atoms with E-state index >= 15 is 0 Å². The third-order valence-electron chi connectivity index (χ3n) is 3.60. The molecule has 0 aliphatic carbocycles. The summed E-state index contributed by atoms with van der Waals surface area (Å²) in [7, 11) is -3.66. The number of nitrogens with one attached hydrogen (secondary N) is 2. The molecule has 0 bridgehead atoms. The van der Waals surface area contributed by atoms with Crippen LogP contribution in [0.2, 0.25) is 0 Å². The SMILES string of the molecule is CCOc1ccc(NC(=O)CCNS(=O)(=O)c2ccc(Br)cc2)cc1OCC. The third kappa shape index (κ3) is 6.50. The van der Waals surface area contributed by atoms with Crippen LogP contribution in [0, 0.1) is 0 Å². The highest BCUT2D eigenvalue weighted by atomic mass is 79.9. The molecule has 1 amide bonds. The van der Waals surface area contributed by atoms with Gasteiger partial charge >= 0.3 is 0 Å². The van der Waals surface area contributed by atoms with Crippen LogP contribution in [0.5, 0.6) is 11.5 Å². The maximum Gasteiger partial charge on any atom is 0.240 e. The molecule has 0 aromatic heterocycles. The summed E-state index contributed by atoms with van der Waals surface area (Å²) in [4.78, 5) is 12.3. The minimum absolute atomic E-state index is 0.00701. The van der Waals surface area contributed by atoms with Crippen LogP contribution in [0.15, 0.2) is 51.8 Å². The van der Waals surface area contributed by atoms with E-state index in [1.165, 1.54) is 12.1 Å². The molecule has 2 aromatic carbocycles. The minimum Gasteiger partial charge on any atom is -0.490 e. The number of ether oxygens (including phenoxy) is 2. The fourth-order valence-corrected chi connectivity index (χ4v) is 3.64. The van der Waals surface area contributed by atoms with Gasteiger partial charge in [-0.1, -0.05) is 15.9 Å². The van der Waals surface area contributed by atoms with Crippen molar-refractivity contribution in [2.75, 3.05) is 25.1 Å². The van der Waals surface area contributed by atoms with E-state index in [9.17, 15) is 13.2 Å². The van der Waals surface area contributed by atoms with Gasteiger partial charge in [-0.2, -0.15) is 0 Å². The van der Waals surface area contributed by atoms with E-state index in [2.05, 4.69) is 26.0 Å². The number of halogens is 1. The molecule has 0 heterocycles. The number of hydrogen-bond acceptors (Lipinski definition) is 5. The summed E-state index contributed by atoms with van der Waals surface area (Å²) in [5, 5.41) is 2.73. The first-order chi connectivity index (χ1) is 13.4. The topological polar surface area (TPSA) is 93.7 Å². The Kier molecular flexibility index (Phi) is 8.28. The molecular weight excluding hydrogens is 448 g/mol. The van der Waals surface area contributed by atoms with Gasteiger partial charge in [0.15, 0.2) is 11.5 Å². The van der Waals surface area contributed by atoms with E-state index in [0.717, 1.165) is 4.47 Å². The smallest absolute Gasteiger partial charge is 0.240 e. The lowest BCUT2D eigenvalue weighted by molar-refractivity contribution is -0.116. The van der Waals surface area contributed by atoms with Crippen LogP contribution in [0.25, 0.3) is 0 Å². The van der Waals surface area contributed by atoms with E-state index in [0.29, 0.717) is 30.4 Å². The second-order valence-corrected chi connectivity index (χ2v) is 8.36. The van der Waals surface area contributed by atoms with Gasteiger partial charge in [-0.3, -0.25) is 4.79 Å². The first-order valence-corrected chi connectivity index (χ1v) is 11.1. The highest BCUT2D eigenvalue weighted by Crippen LogP contribution is 2.30. The second kappa shape index (κ2) is 10.4. The molecule has 2 N–H and O–H groups in total. The maximum atomic E-state index is 12.2. The molecular formula is C19H23BrN2O5S. The van der Waals surface area contributed by atoms with Crippen LogP contribution < -0.4 is 19.5 Å². The Morgan fingerprint density at radius 1 is 1.00 bits per heavy atom. The second-order valence-electron chi connectivity index (χ2n) is 5.68. The maximum absolute atomic E-state index is 12.2. The average molecular weight is 471 g/mol. The number of carbonyl (C=O) groups is 1. The van der Waals surface area contributed by atoms with Crippen LogP contribution in [-0.2, 0) is 14.8 Å². The number of anilines is 1. The Balaban J connectivity index is 1.91. The van der Waals surface area contributed by atoms with Crippen LogP contribution in [0.1, 0.15) is 20.3 Å². The molecule has 152 valence electrons. The predicted molar refractivity (Wildman–Crippen MR) is 111 cm³/mol. The Morgan fingerprint density at radius 2 is 1.64 bits per heavy atom. The molecule has 7 nitrogen and oxygen atoms in total. The summed E-state index contributed by atoms with van der Waals surface area (Å²) in [6, 6.07) is 11.4. The normalized spacial score (nSPS) is 11.1. The highest BCUT2D eigenvalue weighted by Gasteiger charge is 2.14. The molecule has 0 atom stereocenters. The van der Waals surface area contributed by atoms with Crippen LogP contribution in [0.3, 0.4) is 0 Å². The summed E-state index contributed by atoms with van der Waals surface area (Å²) < 4.78 is 38.6. The van der Waals surface area contributed by atoms with Crippen molar-refractivity contribution in [3.8, 4) is 11.5 Å². The number of hydrogen-bond donors (Lipinski definition) is 2. The fraction of sp³-hybridized carbons (Fsp3) is 0.316. The van der Waals surface area contributed by atoms with Crippen LogP contribution in [-0.4, -0.2) is 34.1 Å². The summed E-state index contributed by atoms with van der Waals surface area (Å²) in [6.45, 7) is 4.69. The number of sulfonamides is 1. The molecule has 9 heteroatoms. The van der Waals surface area contributed by atoms with Gasteiger partial charge in [0.2, 0.25) is 15.9 Å². The quantitative estimate of drug-likeness (QED) is 0.553. The van der Waals surface area contributed by atoms with Gasteiger partial charge < -0.3 is 14.8 Å². The summed E-state index contributed by atoms with van der Waals surface area (Å²) in [5.41, 5.74) is 0.549. The van der Waals surface area contributed by atoms with Crippen molar-refractivity contribution < 1.29 is 22.7 Å². The Bertz CT molecular complexity index is 901. The predicted octanol–water partition coefficient (Wildman–Crippen LogP) is 3.55. The lowest BCUT2D eigenvalue weighted by Crippen LogP contribution is -2.27. The average Bonchev–Trinajstić information content (AvgIpc) is 2.64. The molecule has 0 saturated heterocycles. The van der Waals surface area contributed by atoms with Crippen molar-refractivity contribution >= 4 is 37.5 Å². The fourth-order valence-electron chi connectivity index (χ4n) is 2.35. The molecule has 2 aromatic rings. The molecule has 28 heavy (non-hydrogen) atoms. The Labute approximate surface area is 173 Å². The van der Waals surface area contributed by atoms with Gasteiger partial charge in [0.25, 0.3) is 0 Å². The van der Waals surface area contributed by atoms with Crippen LogP contribution >= 0.6 is 15.9 Å². The van der Waals surface area contributed by atoms with Gasteiger partial charge in [0.1, 0.15) is 0 Å². The van der Waals surface area contributed by atoms with Crippen molar-refractivity contribution in [3.63, 3.8) is 0 Å². The molecule has 0 spiro atoms. The lowest BCUT2D eigenvalue weighted by Gasteiger charge is -2.13. The number of benzene rings is 2. The zero-order valence-electron chi connectivity index (χ0n) is 15.7. The summed E-state index contributed by atoms with van der Waals surface area (Å²) in [6.07, 6.45) is -0.00701. The standard InChI is InChI=1S/C19H23BrN2O5S/c1-3-26-17-10-7-15(13-18(17)27-4-2)22-19(23)11-12-21-28(24,25)16-8-5-14(20)6-9-16/h5-10,13,21H,3-4,11-12H2,1-2H3,(H,22,23). The van der Waals surface area contributed by atoms with Gasteiger partial charge in [-0.25, -0.2) is 13.1 Å². The Hall–Kier alpha value is -2.10. The first-order valence-electron chi connectivity index (χ1n) is 8.80. The Morgan fingerprint density at radius 3 is 2.29 bits per heavy atom.